The van der Waals surface area contributed by atoms with Crippen LogP contribution >= 0.6 is 11.3 Å². The number of hydrogen-bond donors (Lipinski definition) is 2. The third-order valence-corrected chi connectivity index (χ3v) is 4.49. The highest BCUT2D eigenvalue weighted by Gasteiger charge is 2.14. The molecule has 24 heavy (non-hydrogen) atoms. The molecule has 0 fully saturated rings. The first kappa shape index (κ1) is 16.4. The average molecular weight is 338 g/mol. The number of thiophene rings is 1. The van der Waals surface area contributed by atoms with E-state index in [-0.39, 0.29) is 12.5 Å². The summed E-state index contributed by atoms with van der Waals surface area (Å²) in [5.74, 6) is -0.228. The molecule has 0 aliphatic rings. The number of aromatic nitrogens is 1. The lowest BCUT2D eigenvalue weighted by molar-refractivity contribution is 0.0915. The van der Waals surface area contributed by atoms with Gasteiger partial charge in [-0.25, -0.2) is 0 Å². The minimum Gasteiger partial charge on any atom is -0.387 e. The second-order valence-electron chi connectivity index (χ2n) is 5.48. The summed E-state index contributed by atoms with van der Waals surface area (Å²) < 4.78 is 0. The largest absolute Gasteiger partial charge is 0.387 e. The molecule has 5 heteroatoms. The maximum absolute atomic E-state index is 12.3. The van der Waals surface area contributed by atoms with Crippen molar-refractivity contribution in [2.24, 2.45) is 0 Å². The van der Waals surface area contributed by atoms with E-state index in [1.165, 1.54) is 11.3 Å². The molecule has 0 aliphatic heterocycles. The predicted octanol–water partition coefficient (Wildman–Crippen LogP) is 3.58. The van der Waals surface area contributed by atoms with Crippen molar-refractivity contribution in [3.8, 4) is 11.3 Å². The van der Waals surface area contributed by atoms with Crippen molar-refractivity contribution in [1.82, 2.24) is 10.3 Å². The Morgan fingerprint density at radius 1 is 1.21 bits per heavy atom. The lowest BCUT2D eigenvalue weighted by Crippen LogP contribution is -2.29. The molecule has 0 bridgehead atoms. The molecule has 0 saturated heterocycles. The van der Waals surface area contributed by atoms with Crippen LogP contribution in [0.3, 0.4) is 0 Å². The van der Waals surface area contributed by atoms with Gasteiger partial charge < -0.3 is 10.4 Å². The fraction of sp³-hybridized carbons (Fsp3) is 0.158. The zero-order valence-corrected chi connectivity index (χ0v) is 14.1. The first-order valence-electron chi connectivity index (χ1n) is 7.66. The van der Waals surface area contributed by atoms with Gasteiger partial charge in [-0.2, -0.15) is 11.3 Å². The SMILES string of the molecule is Cc1nc(-c2ccccc2)ccc1C(=O)NCC(O)c1ccsc1. The van der Waals surface area contributed by atoms with Gasteiger partial charge >= 0.3 is 0 Å². The normalized spacial score (nSPS) is 11.9. The van der Waals surface area contributed by atoms with Crippen LogP contribution in [-0.4, -0.2) is 22.5 Å². The van der Waals surface area contributed by atoms with Crippen LogP contribution in [0.2, 0.25) is 0 Å². The number of amides is 1. The molecule has 2 N–H and O–H groups in total. The molecule has 3 rings (SSSR count). The number of aryl methyl sites for hydroxylation is 1. The number of carbonyl (C=O) groups is 1. The number of rotatable bonds is 5. The molecular formula is C19H18N2O2S. The number of pyridine rings is 1. The highest BCUT2D eigenvalue weighted by molar-refractivity contribution is 7.07. The van der Waals surface area contributed by atoms with E-state index in [1.54, 1.807) is 6.07 Å². The minimum absolute atomic E-state index is 0.176. The second-order valence-corrected chi connectivity index (χ2v) is 6.26. The fourth-order valence-electron chi connectivity index (χ4n) is 2.44. The van der Waals surface area contributed by atoms with Crippen molar-refractivity contribution in [2.75, 3.05) is 6.54 Å². The van der Waals surface area contributed by atoms with Crippen molar-refractivity contribution < 1.29 is 9.90 Å². The zero-order valence-electron chi connectivity index (χ0n) is 13.3. The van der Waals surface area contributed by atoms with Gasteiger partial charge in [0.05, 0.1) is 23.1 Å². The topological polar surface area (TPSA) is 62.2 Å². The molecule has 1 atom stereocenters. The summed E-state index contributed by atoms with van der Waals surface area (Å²) in [6.07, 6.45) is -0.697. The van der Waals surface area contributed by atoms with E-state index in [0.29, 0.717) is 11.3 Å². The third kappa shape index (κ3) is 3.69. The highest BCUT2D eigenvalue weighted by atomic mass is 32.1. The Hall–Kier alpha value is -2.50. The van der Waals surface area contributed by atoms with Gasteiger partial charge in [0.15, 0.2) is 0 Å². The van der Waals surface area contributed by atoms with Crippen molar-refractivity contribution in [3.63, 3.8) is 0 Å². The van der Waals surface area contributed by atoms with Gasteiger partial charge in [0.25, 0.3) is 5.91 Å². The van der Waals surface area contributed by atoms with Crippen LogP contribution in [-0.2, 0) is 0 Å². The molecule has 0 radical (unpaired) electrons. The number of aliphatic hydroxyl groups is 1. The van der Waals surface area contributed by atoms with Crippen molar-refractivity contribution in [2.45, 2.75) is 13.0 Å². The van der Waals surface area contributed by atoms with E-state index >= 15 is 0 Å². The van der Waals surface area contributed by atoms with Crippen molar-refractivity contribution >= 4 is 17.2 Å². The summed E-state index contributed by atoms with van der Waals surface area (Å²) in [5.41, 5.74) is 3.85. The number of carbonyl (C=O) groups excluding carboxylic acids is 1. The Morgan fingerprint density at radius 3 is 2.67 bits per heavy atom. The molecule has 0 saturated carbocycles. The van der Waals surface area contributed by atoms with Gasteiger partial charge in [-0.1, -0.05) is 30.3 Å². The van der Waals surface area contributed by atoms with Gasteiger partial charge in [0.2, 0.25) is 0 Å². The van der Waals surface area contributed by atoms with E-state index in [9.17, 15) is 9.90 Å². The van der Waals surface area contributed by atoms with Crippen LogP contribution in [0.4, 0.5) is 0 Å². The van der Waals surface area contributed by atoms with Gasteiger partial charge in [0.1, 0.15) is 0 Å². The Balaban J connectivity index is 1.69. The van der Waals surface area contributed by atoms with Gasteiger partial charge in [0, 0.05) is 12.1 Å². The monoisotopic (exact) mass is 338 g/mol. The summed E-state index contributed by atoms with van der Waals surface area (Å²) in [6.45, 7) is 1.99. The Bertz CT molecular complexity index is 817. The zero-order chi connectivity index (χ0) is 16.9. The molecule has 1 amide bonds. The van der Waals surface area contributed by atoms with E-state index < -0.39 is 6.10 Å². The number of nitrogens with one attached hydrogen (secondary N) is 1. The molecule has 2 heterocycles. The molecule has 1 aromatic carbocycles. The van der Waals surface area contributed by atoms with E-state index in [4.69, 9.17) is 0 Å². The molecular weight excluding hydrogens is 320 g/mol. The summed E-state index contributed by atoms with van der Waals surface area (Å²) >= 11 is 1.52. The maximum atomic E-state index is 12.3. The summed E-state index contributed by atoms with van der Waals surface area (Å²) in [4.78, 5) is 16.8. The molecule has 3 aromatic rings. The van der Waals surface area contributed by atoms with Gasteiger partial charge in [-0.15, -0.1) is 0 Å². The van der Waals surface area contributed by atoms with Crippen LogP contribution in [0.5, 0.6) is 0 Å². The number of hydrogen-bond acceptors (Lipinski definition) is 4. The van der Waals surface area contributed by atoms with Crippen LogP contribution in [0.25, 0.3) is 11.3 Å². The van der Waals surface area contributed by atoms with E-state index in [0.717, 1.165) is 16.8 Å². The summed E-state index contributed by atoms with van der Waals surface area (Å²) in [7, 11) is 0. The summed E-state index contributed by atoms with van der Waals surface area (Å²) in [6, 6.07) is 15.3. The lowest BCUT2D eigenvalue weighted by Gasteiger charge is -2.12. The molecule has 122 valence electrons. The number of aliphatic hydroxyl groups excluding tert-OH is 1. The van der Waals surface area contributed by atoms with Crippen LogP contribution in [0, 0.1) is 6.92 Å². The standard InChI is InChI=1S/C19H18N2O2S/c1-13-16(7-8-17(21-13)14-5-3-2-4-6-14)19(23)20-11-18(22)15-9-10-24-12-15/h2-10,12,18,22H,11H2,1H3,(H,20,23). The molecule has 0 spiro atoms. The second kappa shape index (κ2) is 7.38. The third-order valence-electron chi connectivity index (χ3n) is 3.78. The quantitative estimate of drug-likeness (QED) is 0.747. The number of benzene rings is 1. The predicted molar refractivity (Wildman–Crippen MR) is 96.0 cm³/mol. The molecule has 0 aliphatic carbocycles. The Kier molecular flexibility index (Phi) is 5.03. The van der Waals surface area contributed by atoms with Crippen LogP contribution in [0.1, 0.15) is 27.7 Å². The van der Waals surface area contributed by atoms with Crippen LogP contribution < -0.4 is 5.32 Å². The van der Waals surface area contributed by atoms with Gasteiger partial charge in [-0.05, 0) is 41.4 Å². The first-order valence-corrected chi connectivity index (χ1v) is 8.61. The van der Waals surface area contributed by atoms with E-state index in [2.05, 4.69) is 10.3 Å². The first-order chi connectivity index (χ1) is 11.6. The fourth-order valence-corrected chi connectivity index (χ4v) is 3.14. The van der Waals surface area contributed by atoms with Crippen molar-refractivity contribution in [1.29, 1.82) is 0 Å². The minimum atomic E-state index is -0.697. The van der Waals surface area contributed by atoms with Crippen molar-refractivity contribution in [3.05, 3.63) is 76.1 Å². The lowest BCUT2D eigenvalue weighted by atomic mass is 10.1. The van der Waals surface area contributed by atoms with Gasteiger partial charge in [-0.3, -0.25) is 9.78 Å². The maximum Gasteiger partial charge on any atom is 0.253 e. The molecule has 1 unspecified atom stereocenters. The molecule has 4 nitrogen and oxygen atoms in total. The Morgan fingerprint density at radius 2 is 2.00 bits per heavy atom. The number of nitrogens with zero attached hydrogens (tertiary/aromatic N) is 1. The average Bonchev–Trinajstić information content (AvgIpc) is 3.15. The van der Waals surface area contributed by atoms with E-state index in [1.807, 2.05) is 60.1 Å². The smallest absolute Gasteiger partial charge is 0.253 e. The molecule has 2 aromatic heterocycles. The Labute approximate surface area is 144 Å². The van der Waals surface area contributed by atoms with Crippen LogP contribution in [0.15, 0.2) is 59.3 Å². The highest BCUT2D eigenvalue weighted by Crippen LogP contribution is 2.19. The summed E-state index contributed by atoms with van der Waals surface area (Å²) in [5, 5.41) is 16.6.